The summed E-state index contributed by atoms with van der Waals surface area (Å²) in [7, 11) is 1.83. The molecule has 0 aromatic carbocycles. The number of nitrogens with one attached hydrogen (secondary N) is 2. The van der Waals surface area contributed by atoms with E-state index in [1.54, 1.807) is 16.0 Å². The smallest absolute Gasteiger partial charge is 0.367 e. The Morgan fingerprint density at radius 2 is 1.86 bits per heavy atom. The van der Waals surface area contributed by atoms with Gasteiger partial charge in [-0.25, -0.2) is 9.97 Å². The standard InChI is InChI=1S/C25H31F3N8O/c1-34-9-6-24(22(34)37)13-16-14-31-23(33-21(16)36(24)17-4-2-3-5-17)32-20-12-18(25(26,27)28)19(15-30-20)35-10-7-29-8-11-35/h12,14-15,17,29H,2-11,13H2,1H3,(H,30,31,32,33). The summed E-state index contributed by atoms with van der Waals surface area (Å²) < 4.78 is 42.0. The molecule has 0 bridgehead atoms. The molecule has 1 atom stereocenters. The first-order chi connectivity index (χ1) is 17.8. The average molecular weight is 517 g/mol. The van der Waals surface area contributed by atoms with Gasteiger partial charge < -0.3 is 25.3 Å². The predicted molar refractivity (Wildman–Crippen MR) is 133 cm³/mol. The van der Waals surface area contributed by atoms with Crippen molar-refractivity contribution in [2.45, 2.75) is 56.3 Å². The molecule has 12 heteroatoms. The van der Waals surface area contributed by atoms with Crippen molar-refractivity contribution < 1.29 is 18.0 Å². The first-order valence-corrected chi connectivity index (χ1v) is 13.0. The maximum atomic E-state index is 14.0. The van der Waals surface area contributed by atoms with E-state index in [2.05, 4.69) is 25.5 Å². The highest BCUT2D eigenvalue weighted by Gasteiger charge is 2.57. The molecule has 1 saturated carbocycles. The maximum Gasteiger partial charge on any atom is 0.418 e. The van der Waals surface area contributed by atoms with Gasteiger partial charge in [-0.3, -0.25) is 4.79 Å². The summed E-state index contributed by atoms with van der Waals surface area (Å²) in [6.45, 7) is 2.91. The van der Waals surface area contributed by atoms with Crippen molar-refractivity contribution in [1.29, 1.82) is 0 Å². The van der Waals surface area contributed by atoms with Gasteiger partial charge >= 0.3 is 6.18 Å². The van der Waals surface area contributed by atoms with E-state index < -0.39 is 17.3 Å². The highest BCUT2D eigenvalue weighted by atomic mass is 19.4. The molecule has 2 aromatic rings. The molecular formula is C25H31F3N8O. The van der Waals surface area contributed by atoms with E-state index in [1.165, 1.54) is 6.20 Å². The topological polar surface area (TPSA) is 89.5 Å². The summed E-state index contributed by atoms with van der Waals surface area (Å²) in [6.07, 6.45) is 3.93. The Labute approximate surface area is 213 Å². The fraction of sp³-hybridized carbons (Fsp3) is 0.600. The van der Waals surface area contributed by atoms with E-state index in [9.17, 15) is 18.0 Å². The molecule has 1 unspecified atom stereocenters. The van der Waals surface area contributed by atoms with Gasteiger partial charge in [-0.05, 0) is 25.3 Å². The number of likely N-dealkylation sites (tertiary alicyclic amines) is 1. The number of piperazine rings is 1. The largest absolute Gasteiger partial charge is 0.418 e. The number of likely N-dealkylation sites (N-methyl/N-ethyl adjacent to an activating group) is 1. The van der Waals surface area contributed by atoms with Crippen LogP contribution in [0.25, 0.3) is 0 Å². The van der Waals surface area contributed by atoms with Crippen LogP contribution in [0, 0.1) is 0 Å². The lowest BCUT2D eigenvalue weighted by Gasteiger charge is -2.39. The normalized spacial score (nSPS) is 24.4. The van der Waals surface area contributed by atoms with Crippen molar-refractivity contribution in [2.24, 2.45) is 0 Å². The van der Waals surface area contributed by atoms with E-state index in [4.69, 9.17) is 4.98 Å². The Hall–Kier alpha value is -3.15. The molecule has 4 aliphatic rings. The number of hydrogen-bond donors (Lipinski definition) is 2. The average Bonchev–Trinajstić information content (AvgIpc) is 3.59. The number of hydrogen-bond acceptors (Lipinski definition) is 8. The van der Waals surface area contributed by atoms with Crippen molar-refractivity contribution in [1.82, 2.24) is 25.2 Å². The Bertz CT molecular complexity index is 1190. The zero-order chi connectivity index (χ0) is 25.8. The second-order valence-electron chi connectivity index (χ2n) is 10.5. The zero-order valence-corrected chi connectivity index (χ0v) is 20.8. The summed E-state index contributed by atoms with van der Waals surface area (Å²) in [6, 6.07) is 1.24. The molecule has 2 aromatic heterocycles. The third-order valence-corrected chi connectivity index (χ3v) is 8.20. The van der Waals surface area contributed by atoms with E-state index in [0.29, 0.717) is 45.0 Å². The first-order valence-electron chi connectivity index (χ1n) is 13.0. The minimum absolute atomic E-state index is 0.0305. The van der Waals surface area contributed by atoms with Gasteiger partial charge in [0.05, 0.1) is 17.4 Å². The molecule has 198 valence electrons. The quantitative estimate of drug-likeness (QED) is 0.642. The SMILES string of the molecule is CN1CCC2(Cc3cnc(Nc4cc(C(F)(F)F)c(N5CCNCC5)cn4)nc3N2C2CCCC2)C1=O. The van der Waals surface area contributed by atoms with Crippen LogP contribution in [0.2, 0.25) is 0 Å². The van der Waals surface area contributed by atoms with Crippen LogP contribution >= 0.6 is 0 Å². The Kier molecular flexibility index (Phi) is 5.89. The molecule has 6 rings (SSSR count). The van der Waals surface area contributed by atoms with E-state index >= 15 is 0 Å². The van der Waals surface area contributed by atoms with Crippen LogP contribution in [-0.2, 0) is 17.4 Å². The molecule has 3 aliphatic heterocycles. The fourth-order valence-corrected chi connectivity index (χ4v) is 6.40. The molecule has 9 nitrogen and oxygen atoms in total. The highest BCUT2D eigenvalue weighted by molar-refractivity contribution is 5.94. The van der Waals surface area contributed by atoms with Gasteiger partial charge in [0.2, 0.25) is 11.9 Å². The van der Waals surface area contributed by atoms with Crippen LogP contribution < -0.4 is 20.4 Å². The lowest BCUT2D eigenvalue weighted by molar-refractivity contribution is -0.137. The molecule has 37 heavy (non-hydrogen) atoms. The number of alkyl halides is 3. The number of halogens is 3. The van der Waals surface area contributed by atoms with Gasteiger partial charge in [0.25, 0.3) is 0 Å². The van der Waals surface area contributed by atoms with E-state index in [0.717, 1.165) is 43.7 Å². The zero-order valence-electron chi connectivity index (χ0n) is 20.8. The Morgan fingerprint density at radius 1 is 1.11 bits per heavy atom. The summed E-state index contributed by atoms with van der Waals surface area (Å²) in [5.41, 5.74) is -0.405. The molecule has 5 heterocycles. The molecule has 3 fully saturated rings. The van der Waals surface area contributed by atoms with Crippen molar-refractivity contribution in [3.8, 4) is 0 Å². The molecule has 2 saturated heterocycles. The molecule has 1 amide bonds. The lowest BCUT2D eigenvalue weighted by atomic mass is 9.91. The van der Waals surface area contributed by atoms with Crippen LogP contribution in [0.15, 0.2) is 18.5 Å². The van der Waals surface area contributed by atoms with Crippen molar-refractivity contribution in [3.63, 3.8) is 0 Å². The Morgan fingerprint density at radius 3 is 2.54 bits per heavy atom. The fourth-order valence-electron chi connectivity index (χ4n) is 6.40. The number of carbonyl (C=O) groups excluding carboxylic acids is 1. The van der Waals surface area contributed by atoms with E-state index in [1.807, 2.05) is 7.05 Å². The van der Waals surface area contributed by atoms with Gasteiger partial charge in [0.1, 0.15) is 17.2 Å². The Balaban J connectivity index is 1.32. The number of anilines is 4. The molecule has 0 radical (unpaired) electrons. The van der Waals surface area contributed by atoms with Crippen LogP contribution in [0.4, 0.5) is 36.4 Å². The number of nitrogens with zero attached hydrogens (tertiary/aromatic N) is 6. The van der Waals surface area contributed by atoms with Crippen LogP contribution in [-0.4, -0.2) is 77.1 Å². The third kappa shape index (κ3) is 4.14. The van der Waals surface area contributed by atoms with Crippen molar-refractivity contribution >= 4 is 29.2 Å². The van der Waals surface area contributed by atoms with Crippen LogP contribution in [0.5, 0.6) is 0 Å². The molecule has 2 N–H and O–H groups in total. The second kappa shape index (κ2) is 9.00. The number of aromatic nitrogens is 3. The number of amides is 1. The van der Waals surface area contributed by atoms with E-state index in [-0.39, 0.29) is 29.4 Å². The van der Waals surface area contributed by atoms with Crippen molar-refractivity contribution in [2.75, 3.05) is 54.9 Å². The highest BCUT2D eigenvalue weighted by Crippen LogP contribution is 2.47. The molecule has 1 spiro atoms. The minimum atomic E-state index is -4.53. The lowest BCUT2D eigenvalue weighted by Crippen LogP contribution is -2.56. The van der Waals surface area contributed by atoms with Crippen LogP contribution in [0.3, 0.4) is 0 Å². The second-order valence-corrected chi connectivity index (χ2v) is 10.5. The third-order valence-electron chi connectivity index (χ3n) is 8.20. The summed E-state index contributed by atoms with van der Waals surface area (Å²) >= 11 is 0. The minimum Gasteiger partial charge on any atom is -0.367 e. The molecular weight excluding hydrogens is 485 g/mol. The number of pyridine rings is 1. The molecule has 1 aliphatic carbocycles. The number of rotatable bonds is 4. The van der Waals surface area contributed by atoms with Gasteiger partial charge in [-0.15, -0.1) is 0 Å². The first kappa shape index (κ1) is 24.2. The maximum absolute atomic E-state index is 14.0. The summed E-state index contributed by atoms with van der Waals surface area (Å²) in [5, 5.41) is 6.05. The van der Waals surface area contributed by atoms with Crippen molar-refractivity contribution in [3.05, 3.63) is 29.6 Å². The van der Waals surface area contributed by atoms with Gasteiger partial charge in [-0.1, -0.05) is 12.8 Å². The predicted octanol–water partition coefficient (Wildman–Crippen LogP) is 2.95. The number of carbonyl (C=O) groups is 1. The summed E-state index contributed by atoms with van der Waals surface area (Å²) in [5.74, 6) is 1.02. The van der Waals surface area contributed by atoms with Gasteiger partial charge in [-0.2, -0.15) is 18.2 Å². The van der Waals surface area contributed by atoms with Gasteiger partial charge in [0.15, 0.2) is 0 Å². The van der Waals surface area contributed by atoms with Crippen LogP contribution in [0.1, 0.15) is 43.2 Å². The number of fused-ring (bicyclic) bond motifs is 1. The summed E-state index contributed by atoms with van der Waals surface area (Å²) in [4.78, 5) is 32.4. The monoisotopic (exact) mass is 516 g/mol. The van der Waals surface area contributed by atoms with Gasteiger partial charge in [0, 0.05) is 64.0 Å².